The van der Waals surface area contributed by atoms with Gasteiger partial charge in [0.1, 0.15) is 24.2 Å². The number of aliphatic hydroxyl groups is 1. The van der Waals surface area contributed by atoms with Gasteiger partial charge in [0.2, 0.25) is 0 Å². The summed E-state index contributed by atoms with van der Waals surface area (Å²) in [4.78, 5) is 0. The maximum absolute atomic E-state index is 10.3. The second-order valence-corrected chi connectivity index (χ2v) is 5.51. The van der Waals surface area contributed by atoms with Gasteiger partial charge in [-0.1, -0.05) is 54.6 Å². The van der Waals surface area contributed by atoms with Gasteiger partial charge in [0, 0.05) is 10.8 Å². The van der Waals surface area contributed by atoms with E-state index in [4.69, 9.17) is 9.47 Å². The van der Waals surface area contributed by atoms with E-state index < -0.39 is 6.10 Å². The van der Waals surface area contributed by atoms with Gasteiger partial charge in [-0.25, -0.2) is 0 Å². The molecule has 0 aliphatic carbocycles. The summed E-state index contributed by atoms with van der Waals surface area (Å²) < 4.78 is 11.4. The Morgan fingerprint density at radius 2 is 1.61 bits per heavy atom. The van der Waals surface area contributed by atoms with Crippen LogP contribution in [0.1, 0.15) is 17.2 Å². The number of hydrogen-bond donors (Lipinski definition) is 1. The molecule has 0 amide bonds. The van der Waals surface area contributed by atoms with Crippen molar-refractivity contribution in [1.82, 2.24) is 0 Å². The molecule has 0 aliphatic heterocycles. The minimum Gasteiger partial charge on any atom is -0.496 e. The molecule has 0 fully saturated rings. The van der Waals surface area contributed by atoms with E-state index in [0.717, 1.165) is 33.4 Å². The molecule has 0 saturated heterocycles. The molecule has 3 nitrogen and oxygen atoms in total. The normalized spacial score (nSPS) is 12.1. The Labute approximate surface area is 136 Å². The fourth-order valence-electron chi connectivity index (χ4n) is 2.74. The number of ether oxygens (including phenoxy) is 2. The van der Waals surface area contributed by atoms with E-state index in [0.29, 0.717) is 0 Å². The monoisotopic (exact) mass is 308 g/mol. The van der Waals surface area contributed by atoms with Crippen LogP contribution < -0.4 is 9.47 Å². The van der Waals surface area contributed by atoms with Gasteiger partial charge in [0.05, 0.1) is 7.11 Å². The number of fused-ring (bicyclic) bond motifs is 1. The molecule has 0 spiro atoms. The average Bonchev–Trinajstić information content (AvgIpc) is 2.61. The standard InChI is InChI=1S/C20H20O3/c1-14-12-19(22-2)16-10-6-7-11-17(16)20(14)23-13-18(21)15-8-4-3-5-9-15/h3-12,18,21H,13H2,1-2H3. The SMILES string of the molecule is COc1cc(C)c(OCC(O)c2ccccc2)c2ccccc12. The number of hydrogen-bond acceptors (Lipinski definition) is 3. The quantitative estimate of drug-likeness (QED) is 0.765. The first-order valence-corrected chi connectivity index (χ1v) is 7.63. The maximum Gasteiger partial charge on any atom is 0.130 e. The Bertz CT molecular complexity index is 797. The lowest BCUT2D eigenvalue weighted by molar-refractivity contribution is 0.108. The van der Waals surface area contributed by atoms with E-state index in [1.165, 1.54) is 0 Å². The minimum atomic E-state index is -0.656. The summed E-state index contributed by atoms with van der Waals surface area (Å²) in [5.74, 6) is 1.62. The van der Waals surface area contributed by atoms with E-state index in [1.54, 1.807) is 7.11 Å². The number of aliphatic hydroxyl groups excluding tert-OH is 1. The lowest BCUT2D eigenvalue weighted by atomic mass is 10.0. The highest BCUT2D eigenvalue weighted by atomic mass is 16.5. The molecule has 0 bridgehead atoms. The largest absolute Gasteiger partial charge is 0.496 e. The van der Waals surface area contributed by atoms with Crippen molar-refractivity contribution in [3.8, 4) is 11.5 Å². The summed E-state index contributed by atoms with van der Waals surface area (Å²) in [5, 5.41) is 12.3. The molecule has 3 aromatic carbocycles. The van der Waals surface area contributed by atoms with Gasteiger partial charge in [-0.3, -0.25) is 0 Å². The van der Waals surface area contributed by atoms with E-state index in [1.807, 2.05) is 67.6 Å². The molecule has 3 rings (SSSR count). The summed E-state index contributed by atoms with van der Waals surface area (Å²) in [7, 11) is 1.67. The van der Waals surface area contributed by atoms with Crippen LogP contribution in [0.3, 0.4) is 0 Å². The van der Waals surface area contributed by atoms with E-state index in [-0.39, 0.29) is 6.61 Å². The third-order valence-corrected chi connectivity index (χ3v) is 3.93. The first kappa shape index (κ1) is 15.4. The molecule has 0 aliphatic rings. The Morgan fingerprint density at radius 1 is 0.957 bits per heavy atom. The summed E-state index contributed by atoms with van der Waals surface area (Å²) >= 11 is 0. The molecular formula is C20H20O3. The van der Waals surface area contributed by atoms with Crippen molar-refractivity contribution in [1.29, 1.82) is 0 Å². The average molecular weight is 308 g/mol. The molecule has 1 unspecified atom stereocenters. The predicted molar refractivity (Wildman–Crippen MR) is 92.1 cm³/mol. The molecule has 0 saturated carbocycles. The molecule has 0 radical (unpaired) electrons. The van der Waals surface area contributed by atoms with Crippen molar-refractivity contribution in [2.75, 3.05) is 13.7 Å². The zero-order valence-electron chi connectivity index (χ0n) is 13.3. The van der Waals surface area contributed by atoms with Crippen molar-refractivity contribution in [3.05, 3.63) is 71.8 Å². The van der Waals surface area contributed by atoms with Crippen LogP contribution in [0.2, 0.25) is 0 Å². The minimum absolute atomic E-state index is 0.210. The highest BCUT2D eigenvalue weighted by Crippen LogP contribution is 2.36. The summed E-state index contributed by atoms with van der Waals surface area (Å²) in [6.07, 6.45) is -0.656. The van der Waals surface area contributed by atoms with E-state index in [2.05, 4.69) is 0 Å². The zero-order chi connectivity index (χ0) is 16.2. The highest BCUT2D eigenvalue weighted by molar-refractivity contribution is 5.94. The molecule has 118 valence electrons. The summed E-state index contributed by atoms with van der Waals surface area (Å²) in [6.45, 7) is 2.19. The van der Waals surface area contributed by atoms with Gasteiger partial charge in [-0.15, -0.1) is 0 Å². The third kappa shape index (κ3) is 3.15. The van der Waals surface area contributed by atoms with Crippen LogP contribution >= 0.6 is 0 Å². The van der Waals surface area contributed by atoms with Gasteiger partial charge in [0.25, 0.3) is 0 Å². The first-order valence-electron chi connectivity index (χ1n) is 7.63. The third-order valence-electron chi connectivity index (χ3n) is 3.93. The molecular weight excluding hydrogens is 288 g/mol. The second kappa shape index (κ2) is 6.71. The summed E-state index contributed by atoms with van der Waals surface area (Å²) in [6, 6.07) is 19.5. The molecule has 3 aromatic rings. The van der Waals surface area contributed by atoms with Gasteiger partial charge in [-0.2, -0.15) is 0 Å². The molecule has 1 N–H and O–H groups in total. The van der Waals surface area contributed by atoms with E-state index in [9.17, 15) is 5.11 Å². The van der Waals surface area contributed by atoms with Crippen LogP contribution in [0, 0.1) is 6.92 Å². The fraction of sp³-hybridized carbons (Fsp3) is 0.200. The fourth-order valence-corrected chi connectivity index (χ4v) is 2.74. The molecule has 1 atom stereocenters. The van der Waals surface area contributed by atoms with Crippen molar-refractivity contribution in [3.63, 3.8) is 0 Å². The predicted octanol–water partition coefficient (Wildman–Crippen LogP) is 4.27. The Balaban J connectivity index is 1.90. The van der Waals surface area contributed by atoms with Crippen molar-refractivity contribution < 1.29 is 14.6 Å². The van der Waals surface area contributed by atoms with Gasteiger partial charge >= 0.3 is 0 Å². The Kier molecular flexibility index (Phi) is 4.49. The van der Waals surface area contributed by atoms with Crippen LogP contribution in [-0.4, -0.2) is 18.8 Å². The van der Waals surface area contributed by atoms with Crippen molar-refractivity contribution in [2.45, 2.75) is 13.0 Å². The summed E-state index contributed by atoms with van der Waals surface area (Å²) in [5.41, 5.74) is 1.84. The Morgan fingerprint density at radius 3 is 2.30 bits per heavy atom. The van der Waals surface area contributed by atoms with Crippen molar-refractivity contribution >= 4 is 10.8 Å². The number of rotatable bonds is 5. The van der Waals surface area contributed by atoms with Crippen LogP contribution in [0.4, 0.5) is 0 Å². The van der Waals surface area contributed by atoms with Crippen LogP contribution in [0.5, 0.6) is 11.5 Å². The zero-order valence-corrected chi connectivity index (χ0v) is 13.3. The van der Waals surface area contributed by atoms with Gasteiger partial charge < -0.3 is 14.6 Å². The van der Waals surface area contributed by atoms with Crippen LogP contribution in [-0.2, 0) is 0 Å². The molecule has 0 heterocycles. The molecule has 0 aromatic heterocycles. The molecule has 23 heavy (non-hydrogen) atoms. The first-order chi connectivity index (χ1) is 11.2. The van der Waals surface area contributed by atoms with E-state index >= 15 is 0 Å². The smallest absolute Gasteiger partial charge is 0.130 e. The van der Waals surface area contributed by atoms with Crippen LogP contribution in [0.25, 0.3) is 10.8 Å². The Hall–Kier alpha value is -2.52. The number of methoxy groups -OCH3 is 1. The topological polar surface area (TPSA) is 38.7 Å². The van der Waals surface area contributed by atoms with Crippen molar-refractivity contribution in [2.24, 2.45) is 0 Å². The second-order valence-electron chi connectivity index (χ2n) is 5.51. The lowest BCUT2D eigenvalue weighted by Gasteiger charge is -2.17. The maximum atomic E-state index is 10.3. The highest BCUT2D eigenvalue weighted by Gasteiger charge is 2.14. The van der Waals surface area contributed by atoms with Gasteiger partial charge in [0.15, 0.2) is 0 Å². The number of aryl methyl sites for hydroxylation is 1. The number of benzene rings is 3. The van der Waals surface area contributed by atoms with Crippen LogP contribution in [0.15, 0.2) is 60.7 Å². The van der Waals surface area contributed by atoms with Gasteiger partial charge in [-0.05, 0) is 24.1 Å². The lowest BCUT2D eigenvalue weighted by Crippen LogP contribution is -2.10. The molecule has 3 heteroatoms.